The van der Waals surface area contributed by atoms with Gasteiger partial charge in [-0.3, -0.25) is 4.79 Å². The van der Waals surface area contributed by atoms with Crippen LogP contribution in [0.2, 0.25) is 5.02 Å². The van der Waals surface area contributed by atoms with Gasteiger partial charge in [0.15, 0.2) is 0 Å². The number of halogens is 1. The lowest BCUT2D eigenvalue weighted by atomic mass is 9.82. The molecule has 94 valence electrons. The molecular formula is C15H16ClNO. The normalized spacial score (nSPS) is 31.4. The average Bonchev–Trinajstić information content (AvgIpc) is 2.82. The summed E-state index contributed by atoms with van der Waals surface area (Å²) in [6.07, 6.45) is -4.55. The van der Waals surface area contributed by atoms with Crippen LogP contribution >= 0.6 is 11.6 Å². The summed E-state index contributed by atoms with van der Waals surface area (Å²) in [6, 6.07) is 1.62. The zero-order chi connectivity index (χ0) is 17.3. The maximum Gasteiger partial charge on any atom is 0.224 e. The van der Waals surface area contributed by atoms with Crippen LogP contribution in [0.1, 0.15) is 42.7 Å². The van der Waals surface area contributed by atoms with E-state index in [0.717, 1.165) is 11.1 Å². The van der Waals surface area contributed by atoms with Gasteiger partial charge < -0.3 is 5.73 Å². The van der Waals surface area contributed by atoms with Gasteiger partial charge in [-0.05, 0) is 72.5 Å². The van der Waals surface area contributed by atoms with Gasteiger partial charge in [0.1, 0.15) is 0 Å². The number of primary amides is 1. The lowest BCUT2D eigenvalue weighted by Gasteiger charge is -2.22. The smallest absolute Gasteiger partial charge is 0.224 e. The first kappa shape index (κ1) is 7.34. The molecule has 2 aliphatic carbocycles. The zero-order valence-corrected chi connectivity index (χ0v) is 10.7. The van der Waals surface area contributed by atoms with Crippen molar-refractivity contribution >= 4 is 23.1 Å². The molecule has 0 radical (unpaired) electrons. The van der Waals surface area contributed by atoms with Crippen molar-refractivity contribution in [1.82, 2.24) is 0 Å². The SMILES string of the molecule is [2H]c1c(Cl)cc(C)c2c1C1=C(C2)C(C(N)=O)CC([2H])([2H])C1([2H])[2H]. The van der Waals surface area contributed by atoms with Gasteiger partial charge in [0.05, 0.1) is 7.29 Å². The van der Waals surface area contributed by atoms with Gasteiger partial charge in [0.2, 0.25) is 5.91 Å². The number of aryl methyl sites for hydroxylation is 1. The number of rotatable bonds is 1. The number of fused-ring (bicyclic) bond motifs is 2. The van der Waals surface area contributed by atoms with E-state index < -0.39 is 24.6 Å². The highest BCUT2D eigenvalue weighted by molar-refractivity contribution is 6.30. The number of hydrogen-bond donors (Lipinski definition) is 1. The van der Waals surface area contributed by atoms with Gasteiger partial charge >= 0.3 is 0 Å². The predicted molar refractivity (Wildman–Crippen MR) is 73.3 cm³/mol. The summed E-state index contributed by atoms with van der Waals surface area (Å²) < 4.78 is 41.0. The molecule has 1 aromatic rings. The Kier molecular flexibility index (Phi) is 1.68. The van der Waals surface area contributed by atoms with Gasteiger partial charge in [0.25, 0.3) is 0 Å². The predicted octanol–water partition coefficient (Wildman–Crippen LogP) is 3.24. The topological polar surface area (TPSA) is 43.1 Å². The highest BCUT2D eigenvalue weighted by atomic mass is 35.5. The minimum atomic E-state index is -2.31. The molecule has 0 aromatic heterocycles. The van der Waals surface area contributed by atoms with E-state index in [9.17, 15) is 4.79 Å². The number of nitrogens with two attached hydrogens (primary N) is 1. The number of benzene rings is 1. The molecule has 0 fully saturated rings. The maximum atomic E-state index is 11.8. The molecule has 1 unspecified atom stereocenters. The molecule has 3 rings (SSSR count). The fourth-order valence-electron chi connectivity index (χ4n) is 2.66. The largest absolute Gasteiger partial charge is 0.369 e. The second-order valence-corrected chi connectivity index (χ2v) is 5.10. The van der Waals surface area contributed by atoms with E-state index in [1.54, 1.807) is 6.07 Å². The van der Waals surface area contributed by atoms with E-state index in [-0.39, 0.29) is 23.1 Å². The Morgan fingerprint density at radius 1 is 1.67 bits per heavy atom. The average molecular weight is 267 g/mol. The molecule has 0 bridgehead atoms. The van der Waals surface area contributed by atoms with Crippen LogP contribution in [0.3, 0.4) is 0 Å². The Balaban J connectivity index is 2.36. The molecule has 0 heterocycles. The van der Waals surface area contributed by atoms with Crippen LogP contribution in [-0.4, -0.2) is 5.91 Å². The molecule has 2 N–H and O–H groups in total. The lowest BCUT2D eigenvalue weighted by molar-refractivity contribution is -0.121. The fraction of sp³-hybridized carbons (Fsp3) is 0.400. The van der Waals surface area contributed by atoms with Gasteiger partial charge in [-0.25, -0.2) is 0 Å². The molecule has 0 spiro atoms. The Morgan fingerprint density at radius 2 is 2.44 bits per heavy atom. The summed E-state index contributed by atoms with van der Waals surface area (Å²) >= 11 is 6.07. The van der Waals surface area contributed by atoms with Crippen molar-refractivity contribution in [3.05, 3.63) is 39.4 Å². The number of carbonyl (C=O) groups excluding carboxylic acids is 1. The van der Waals surface area contributed by atoms with E-state index in [0.29, 0.717) is 17.6 Å². The van der Waals surface area contributed by atoms with E-state index in [1.165, 1.54) is 0 Å². The van der Waals surface area contributed by atoms with Crippen LogP contribution in [0.15, 0.2) is 17.7 Å². The quantitative estimate of drug-likeness (QED) is 0.833. The Hall–Kier alpha value is -1.28. The van der Waals surface area contributed by atoms with Crippen molar-refractivity contribution in [2.75, 3.05) is 0 Å². The van der Waals surface area contributed by atoms with E-state index in [2.05, 4.69) is 0 Å². The highest BCUT2D eigenvalue weighted by Gasteiger charge is 2.33. The maximum absolute atomic E-state index is 11.8. The Labute approximate surface area is 119 Å². The molecular weight excluding hydrogens is 246 g/mol. The van der Waals surface area contributed by atoms with Crippen LogP contribution in [0.4, 0.5) is 0 Å². The van der Waals surface area contributed by atoms with Gasteiger partial charge in [-0.2, -0.15) is 0 Å². The molecule has 18 heavy (non-hydrogen) atoms. The van der Waals surface area contributed by atoms with Gasteiger partial charge in [-0.1, -0.05) is 11.6 Å². The van der Waals surface area contributed by atoms with Crippen molar-refractivity contribution in [2.45, 2.75) is 32.5 Å². The Morgan fingerprint density at radius 3 is 3.17 bits per heavy atom. The van der Waals surface area contributed by atoms with Gasteiger partial charge in [-0.15, -0.1) is 0 Å². The molecule has 2 nitrogen and oxygen atoms in total. The highest BCUT2D eigenvalue weighted by Crippen LogP contribution is 2.45. The summed E-state index contributed by atoms with van der Waals surface area (Å²) in [7, 11) is 0. The minimum Gasteiger partial charge on any atom is -0.369 e. The summed E-state index contributed by atoms with van der Waals surface area (Å²) in [5, 5.41) is 0.188. The third-order valence-electron chi connectivity index (χ3n) is 3.59. The summed E-state index contributed by atoms with van der Waals surface area (Å²) in [4.78, 5) is 11.8. The monoisotopic (exact) mass is 266 g/mol. The van der Waals surface area contributed by atoms with Crippen molar-refractivity contribution in [3.63, 3.8) is 0 Å². The summed E-state index contributed by atoms with van der Waals surface area (Å²) in [5.74, 6) is -1.53. The number of allylic oxidation sites excluding steroid dienone is 1. The molecule has 0 aliphatic heterocycles. The molecule has 1 amide bonds. The second-order valence-electron chi connectivity index (χ2n) is 4.69. The number of amides is 1. The number of hydrogen-bond acceptors (Lipinski definition) is 1. The Bertz CT molecular complexity index is 772. The van der Waals surface area contributed by atoms with E-state index >= 15 is 0 Å². The molecule has 2 aliphatic rings. The summed E-state index contributed by atoms with van der Waals surface area (Å²) in [6.45, 7) is 1.81. The van der Waals surface area contributed by atoms with Crippen LogP contribution in [0.5, 0.6) is 0 Å². The second kappa shape index (κ2) is 4.13. The lowest BCUT2D eigenvalue weighted by Crippen LogP contribution is -2.27. The summed E-state index contributed by atoms with van der Waals surface area (Å²) in [5.41, 5.74) is 7.88. The van der Waals surface area contributed by atoms with Crippen molar-refractivity contribution in [1.29, 1.82) is 0 Å². The van der Waals surface area contributed by atoms with E-state index in [4.69, 9.17) is 24.2 Å². The number of carbonyl (C=O) groups is 1. The van der Waals surface area contributed by atoms with Crippen molar-refractivity contribution < 1.29 is 11.6 Å². The van der Waals surface area contributed by atoms with Crippen molar-refractivity contribution in [2.24, 2.45) is 11.7 Å². The fourth-order valence-corrected chi connectivity index (χ4v) is 2.92. The molecule has 1 atom stereocenters. The van der Waals surface area contributed by atoms with Crippen LogP contribution in [0, 0.1) is 12.8 Å². The minimum absolute atomic E-state index is 0.0259. The molecule has 3 heteroatoms. The van der Waals surface area contributed by atoms with Crippen LogP contribution in [0.25, 0.3) is 5.57 Å². The third kappa shape index (κ3) is 1.67. The van der Waals surface area contributed by atoms with Gasteiger partial charge in [0, 0.05) is 10.5 Å². The standard InChI is InChI=1S/C15H16ClNO/c1-8-5-9(16)6-13-10-3-2-4-11(15(17)18)14(10)7-12(8)13/h5-6,11H,2-4,7H2,1H3,(H2,17,18)/i2D2,3D2,6D. The van der Waals surface area contributed by atoms with Crippen LogP contribution in [-0.2, 0) is 11.2 Å². The molecule has 0 saturated heterocycles. The third-order valence-corrected chi connectivity index (χ3v) is 3.79. The molecule has 1 aromatic carbocycles. The first-order valence-corrected chi connectivity index (χ1v) is 6.18. The zero-order valence-electron chi connectivity index (χ0n) is 14.9. The first-order chi connectivity index (χ1) is 10.5. The van der Waals surface area contributed by atoms with Crippen LogP contribution < -0.4 is 5.73 Å². The first-order valence-electron chi connectivity index (χ1n) is 8.31. The molecule has 0 saturated carbocycles. The van der Waals surface area contributed by atoms with Crippen molar-refractivity contribution in [3.8, 4) is 0 Å². The van der Waals surface area contributed by atoms with E-state index in [1.807, 2.05) is 6.92 Å².